The fourth-order valence-electron chi connectivity index (χ4n) is 3.56. The van der Waals surface area contributed by atoms with E-state index in [4.69, 9.17) is 0 Å². The van der Waals surface area contributed by atoms with Crippen molar-refractivity contribution in [2.45, 2.75) is 25.8 Å². The van der Waals surface area contributed by atoms with Gasteiger partial charge in [0.2, 0.25) is 5.91 Å². The fourth-order valence-corrected chi connectivity index (χ4v) is 3.56. The van der Waals surface area contributed by atoms with Crippen molar-refractivity contribution in [2.75, 3.05) is 31.5 Å². The Morgan fingerprint density at radius 3 is 2.95 bits per heavy atom. The summed E-state index contributed by atoms with van der Waals surface area (Å²) in [5.74, 6) is 0.595. The van der Waals surface area contributed by atoms with E-state index in [1.54, 1.807) is 12.1 Å². The number of hydrogen-bond donors (Lipinski definition) is 2. The van der Waals surface area contributed by atoms with Crippen molar-refractivity contribution in [1.82, 2.24) is 10.2 Å². The lowest BCUT2D eigenvalue weighted by Crippen LogP contribution is -2.46. The highest BCUT2D eigenvalue weighted by molar-refractivity contribution is 6.04. The summed E-state index contributed by atoms with van der Waals surface area (Å²) >= 11 is 0. The van der Waals surface area contributed by atoms with Gasteiger partial charge in [0.1, 0.15) is 0 Å². The predicted molar refractivity (Wildman–Crippen MR) is 86.0 cm³/mol. The van der Waals surface area contributed by atoms with Crippen LogP contribution in [0.2, 0.25) is 0 Å². The standard InChI is InChI=1S/C17H23N3O2/c1-12(21)14-4-2-3-5-16(14)19-17(22)11-20-9-7-15-13(10-20)6-8-18-15/h2-5,13,15,18H,6-11H2,1H3,(H,19,22). The number of amides is 1. The maximum absolute atomic E-state index is 12.3. The number of hydrogen-bond acceptors (Lipinski definition) is 4. The molecule has 5 heteroatoms. The lowest BCUT2D eigenvalue weighted by atomic mass is 9.93. The third-order valence-corrected chi connectivity index (χ3v) is 4.69. The monoisotopic (exact) mass is 301 g/mol. The molecule has 0 saturated carbocycles. The number of ketones is 1. The molecule has 2 saturated heterocycles. The van der Waals surface area contributed by atoms with E-state index in [0.29, 0.717) is 29.8 Å². The molecule has 0 spiro atoms. The lowest BCUT2D eigenvalue weighted by molar-refractivity contribution is -0.117. The Morgan fingerprint density at radius 1 is 1.32 bits per heavy atom. The highest BCUT2D eigenvalue weighted by Gasteiger charge is 2.33. The molecular formula is C17H23N3O2. The molecular weight excluding hydrogens is 278 g/mol. The second-order valence-corrected chi connectivity index (χ2v) is 6.28. The summed E-state index contributed by atoms with van der Waals surface area (Å²) in [5.41, 5.74) is 1.17. The SMILES string of the molecule is CC(=O)c1ccccc1NC(=O)CN1CCC2NCCC2C1. The first kappa shape index (κ1) is 15.2. The molecule has 22 heavy (non-hydrogen) atoms. The highest BCUT2D eigenvalue weighted by Crippen LogP contribution is 2.24. The first-order valence-electron chi connectivity index (χ1n) is 7.99. The van der Waals surface area contributed by atoms with Crippen LogP contribution in [0.15, 0.2) is 24.3 Å². The minimum atomic E-state index is -0.0434. The lowest BCUT2D eigenvalue weighted by Gasteiger charge is -2.34. The Balaban J connectivity index is 1.58. The van der Waals surface area contributed by atoms with Gasteiger partial charge in [-0.15, -0.1) is 0 Å². The highest BCUT2D eigenvalue weighted by atomic mass is 16.2. The molecule has 5 nitrogen and oxygen atoms in total. The number of para-hydroxylation sites is 1. The van der Waals surface area contributed by atoms with Crippen LogP contribution in [0.3, 0.4) is 0 Å². The largest absolute Gasteiger partial charge is 0.324 e. The number of benzene rings is 1. The van der Waals surface area contributed by atoms with E-state index in [1.807, 2.05) is 12.1 Å². The van der Waals surface area contributed by atoms with Crippen molar-refractivity contribution in [3.63, 3.8) is 0 Å². The molecule has 2 aliphatic rings. The molecule has 2 aliphatic heterocycles. The molecule has 3 rings (SSSR count). The van der Waals surface area contributed by atoms with E-state index < -0.39 is 0 Å². The number of Topliss-reactive ketones (excluding diaryl/α,β-unsaturated/α-hetero) is 1. The summed E-state index contributed by atoms with van der Waals surface area (Å²) in [6.07, 6.45) is 2.32. The molecule has 1 aromatic carbocycles. The van der Waals surface area contributed by atoms with Crippen molar-refractivity contribution in [3.8, 4) is 0 Å². The van der Waals surface area contributed by atoms with Gasteiger partial charge in [-0.25, -0.2) is 0 Å². The fraction of sp³-hybridized carbons (Fsp3) is 0.529. The van der Waals surface area contributed by atoms with Crippen LogP contribution in [-0.4, -0.2) is 48.8 Å². The molecule has 0 aromatic heterocycles. The van der Waals surface area contributed by atoms with E-state index in [-0.39, 0.29) is 11.7 Å². The van der Waals surface area contributed by atoms with Gasteiger partial charge in [0, 0.05) is 24.7 Å². The first-order chi connectivity index (χ1) is 10.6. The van der Waals surface area contributed by atoms with Crippen molar-refractivity contribution in [2.24, 2.45) is 5.92 Å². The molecule has 0 aliphatic carbocycles. The van der Waals surface area contributed by atoms with Gasteiger partial charge in [0.25, 0.3) is 0 Å². The number of nitrogens with one attached hydrogen (secondary N) is 2. The van der Waals surface area contributed by atoms with Crippen LogP contribution in [0.1, 0.15) is 30.1 Å². The van der Waals surface area contributed by atoms with Gasteiger partial charge < -0.3 is 10.6 Å². The average molecular weight is 301 g/mol. The van der Waals surface area contributed by atoms with E-state index in [0.717, 1.165) is 26.1 Å². The number of nitrogens with zero attached hydrogens (tertiary/aromatic N) is 1. The number of carbonyl (C=O) groups is 2. The van der Waals surface area contributed by atoms with Crippen LogP contribution in [0.25, 0.3) is 0 Å². The molecule has 2 heterocycles. The summed E-state index contributed by atoms with van der Waals surface area (Å²) in [6.45, 7) is 4.95. The van der Waals surface area contributed by atoms with E-state index >= 15 is 0 Å². The van der Waals surface area contributed by atoms with Gasteiger partial charge in [-0.1, -0.05) is 12.1 Å². The van der Waals surface area contributed by atoms with E-state index in [9.17, 15) is 9.59 Å². The number of fused-ring (bicyclic) bond motifs is 1. The second-order valence-electron chi connectivity index (χ2n) is 6.28. The van der Waals surface area contributed by atoms with Crippen LogP contribution in [0.5, 0.6) is 0 Å². The van der Waals surface area contributed by atoms with Gasteiger partial charge in [-0.05, 0) is 44.4 Å². The maximum atomic E-state index is 12.3. The van der Waals surface area contributed by atoms with E-state index in [2.05, 4.69) is 15.5 Å². The average Bonchev–Trinajstić information content (AvgIpc) is 2.95. The molecule has 2 atom stereocenters. The molecule has 118 valence electrons. The van der Waals surface area contributed by atoms with Crippen LogP contribution in [0.4, 0.5) is 5.69 Å². The van der Waals surface area contributed by atoms with Crippen molar-refractivity contribution >= 4 is 17.4 Å². The van der Waals surface area contributed by atoms with Gasteiger partial charge in [-0.3, -0.25) is 14.5 Å². The molecule has 2 unspecified atom stereocenters. The molecule has 1 aromatic rings. The van der Waals surface area contributed by atoms with Gasteiger partial charge in [0.15, 0.2) is 5.78 Å². The number of piperidine rings is 1. The smallest absolute Gasteiger partial charge is 0.238 e. The van der Waals surface area contributed by atoms with Gasteiger partial charge >= 0.3 is 0 Å². The topological polar surface area (TPSA) is 61.4 Å². The Morgan fingerprint density at radius 2 is 2.14 bits per heavy atom. The zero-order chi connectivity index (χ0) is 15.5. The molecule has 0 bridgehead atoms. The minimum absolute atomic E-state index is 0.0336. The predicted octanol–water partition coefficient (Wildman–Crippen LogP) is 1.51. The normalized spacial score (nSPS) is 24.8. The summed E-state index contributed by atoms with van der Waals surface area (Å²) < 4.78 is 0. The Labute approximate surface area is 131 Å². The number of anilines is 1. The summed E-state index contributed by atoms with van der Waals surface area (Å²) in [4.78, 5) is 26.1. The van der Waals surface area contributed by atoms with Gasteiger partial charge in [0.05, 0.1) is 12.2 Å². The molecule has 2 N–H and O–H groups in total. The zero-order valence-electron chi connectivity index (χ0n) is 13.0. The van der Waals surface area contributed by atoms with E-state index in [1.165, 1.54) is 13.3 Å². The van der Waals surface area contributed by atoms with Crippen molar-refractivity contribution in [3.05, 3.63) is 29.8 Å². The zero-order valence-corrected chi connectivity index (χ0v) is 13.0. The van der Waals surface area contributed by atoms with Crippen molar-refractivity contribution < 1.29 is 9.59 Å². The summed E-state index contributed by atoms with van der Waals surface area (Å²) in [5, 5.41) is 6.41. The van der Waals surface area contributed by atoms with Crippen LogP contribution in [0, 0.1) is 5.92 Å². The Kier molecular flexibility index (Phi) is 4.55. The molecule has 0 radical (unpaired) electrons. The molecule has 1 amide bonds. The van der Waals surface area contributed by atoms with Crippen LogP contribution < -0.4 is 10.6 Å². The van der Waals surface area contributed by atoms with Crippen LogP contribution >= 0.6 is 0 Å². The van der Waals surface area contributed by atoms with Crippen molar-refractivity contribution in [1.29, 1.82) is 0 Å². The quantitative estimate of drug-likeness (QED) is 0.828. The summed E-state index contributed by atoms with van der Waals surface area (Å²) in [7, 11) is 0. The summed E-state index contributed by atoms with van der Waals surface area (Å²) in [6, 6.07) is 7.80. The second kappa shape index (κ2) is 6.58. The molecule has 2 fully saturated rings. The first-order valence-corrected chi connectivity index (χ1v) is 7.99. The van der Waals surface area contributed by atoms with Gasteiger partial charge in [-0.2, -0.15) is 0 Å². The minimum Gasteiger partial charge on any atom is -0.324 e. The number of rotatable bonds is 4. The Bertz CT molecular complexity index is 573. The maximum Gasteiger partial charge on any atom is 0.238 e. The van der Waals surface area contributed by atoms with Crippen LogP contribution in [-0.2, 0) is 4.79 Å². The Hall–Kier alpha value is -1.72. The number of likely N-dealkylation sites (tertiary alicyclic amines) is 1. The number of carbonyl (C=O) groups excluding carboxylic acids is 2. The third kappa shape index (κ3) is 3.36. The third-order valence-electron chi connectivity index (χ3n) is 4.69.